The quantitative estimate of drug-likeness (QED) is 0.840. The highest BCUT2D eigenvalue weighted by atomic mass is 35.5. The zero-order chi connectivity index (χ0) is 13.1. The van der Waals surface area contributed by atoms with Crippen LogP contribution >= 0.6 is 23.2 Å². The van der Waals surface area contributed by atoms with Crippen LogP contribution in [0.1, 0.15) is 17.2 Å². The topological polar surface area (TPSA) is 46.2 Å². The van der Waals surface area contributed by atoms with Crippen LogP contribution in [0.15, 0.2) is 42.5 Å². The van der Waals surface area contributed by atoms with E-state index in [1.807, 2.05) is 24.3 Å². The van der Waals surface area contributed by atoms with Crippen LogP contribution in [0.3, 0.4) is 0 Å². The Labute approximate surface area is 116 Å². The van der Waals surface area contributed by atoms with Crippen LogP contribution in [0.5, 0.6) is 0 Å². The monoisotopic (exact) mass is 281 g/mol. The van der Waals surface area contributed by atoms with Crippen LogP contribution in [-0.2, 0) is 6.42 Å². The first-order valence-electron chi connectivity index (χ1n) is 5.54. The van der Waals surface area contributed by atoms with Crippen molar-refractivity contribution in [3.63, 3.8) is 0 Å². The van der Waals surface area contributed by atoms with Crippen LogP contribution in [0.2, 0.25) is 10.0 Å². The highest BCUT2D eigenvalue weighted by molar-refractivity contribution is 6.42. The maximum Gasteiger partial charge on any atom is 0.0850 e. The first-order chi connectivity index (χ1) is 8.58. The Bertz CT molecular complexity index is 557. The molecule has 0 aromatic heterocycles. The number of rotatable bonds is 3. The van der Waals surface area contributed by atoms with Crippen molar-refractivity contribution in [1.82, 2.24) is 0 Å². The first-order valence-corrected chi connectivity index (χ1v) is 6.30. The molecule has 0 saturated heterocycles. The molecule has 2 aromatic carbocycles. The Balaban J connectivity index is 2.19. The van der Waals surface area contributed by atoms with E-state index in [4.69, 9.17) is 28.9 Å². The predicted octanol–water partition coefficient (Wildman–Crippen LogP) is 3.85. The van der Waals surface area contributed by atoms with E-state index in [1.165, 1.54) is 0 Å². The van der Waals surface area contributed by atoms with E-state index in [1.54, 1.807) is 18.2 Å². The number of benzene rings is 2. The minimum absolute atomic E-state index is 0.450. The minimum Gasteiger partial charge on any atom is -0.398 e. The van der Waals surface area contributed by atoms with Crippen molar-refractivity contribution in [3.8, 4) is 0 Å². The fourth-order valence-corrected chi connectivity index (χ4v) is 2.13. The molecule has 0 amide bonds. The highest BCUT2D eigenvalue weighted by Gasteiger charge is 2.12. The van der Waals surface area contributed by atoms with Crippen molar-refractivity contribution < 1.29 is 5.11 Å². The second-order valence-electron chi connectivity index (χ2n) is 4.10. The fraction of sp³-hybridized carbons (Fsp3) is 0.143. The largest absolute Gasteiger partial charge is 0.398 e. The Morgan fingerprint density at radius 1 is 1.06 bits per heavy atom. The molecule has 1 unspecified atom stereocenters. The summed E-state index contributed by atoms with van der Waals surface area (Å²) >= 11 is 11.8. The molecule has 3 N–H and O–H groups in total. The Morgan fingerprint density at radius 2 is 1.78 bits per heavy atom. The number of halogens is 2. The lowest BCUT2D eigenvalue weighted by Crippen LogP contribution is -2.05. The van der Waals surface area contributed by atoms with Gasteiger partial charge in [-0.1, -0.05) is 47.5 Å². The molecular weight excluding hydrogens is 269 g/mol. The molecule has 0 radical (unpaired) electrons. The van der Waals surface area contributed by atoms with Gasteiger partial charge in [0.05, 0.1) is 16.1 Å². The molecule has 4 heteroatoms. The van der Waals surface area contributed by atoms with Gasteiger partial charge in [-0.25, -0.2) is 0 Å². The summed E-state index contributed by atoms with van der Waals surface area (Å²) in [4.78, 5) is 0. The summed E-state index contributed by atoms with van der Waals surface area (Å²) in [5.41, 5.74) is 8.05. The summed E-state index contributed by atoms with van der Waals surface area (Å²) in [6, 6.07) is 12.6. The van der Waals surface area contributed by atoms with E-state index in [0.717, 1.165) is 11.1 Å². The predicted molar refractivity (Wildman–Crippen MR) is 76.0 cm³/mol. The maximum atomic E-state index is 10.2. The fourth-order valence-electron chi connectivity index (χ4n) is 1.81. The standard InChI is InChI=1S/C14H13Cl2NO/c15-11-6-5-9(7-12(11)16)8-14(18)10-3-1-2-4-13(10)17/h1-7,14,18H,8,17H2. The van der Waals surface area contributed by atoms with E-state index >= 15 is 0 Å². The van der Waals surface area contributed by atoms with E-state index < -0.39 is 6.10 Å². The summed E-state index contributed by atoms with van der Waals surface area (Å²) < 4.78 is 0. The van der Waals surface area contributed by atoms with Crippen LogP contribution in [0.4, 0.5) is 5.69 Å². The van der Waals surface area contributed by atoms with Gasteiger partial charge in [0.2, 0.25) is 0 Å². The van der Waals surface area contributed by atoms with Gasteiger partial charge in [0.1, 0.15) is 0 Å². The number of aliphatic hydroxyl groups is 1. The lowest BCUT2D eigenvalue weighted by molar-refractivity contribution is 0.179. The third kappa shape index (κ3) is 2.96. The van der Waals surface area contributed by atoms with Gasteiger partial charge in [-0.05, 0) is 23.8 Å². The number of aliphatic hydroxyl groups excluding tert-OH is 1. The Morgan fingerprint density at radius 3 is 2.44 bits per heavy atom. The normalized spacial score (nSPS) is 12.4. The molecule has 18 heavy (non-hydrogen) atoms. The average molecular weight is 282 g/mol. The Hall–Kier alpha value is -1.22. The van der Waals surface area contributed by atoms with Gasteiger partial charge in [0, 0.05) is 17.7 Å². The van der Waals surface area contributed by atoms with E-state index in [9.17, 15) is 5.11 Å². The Kier molecular flexibility index (Phi) is 4.12. The second kappa shape index (κ2) is 5.61. The lowest BCUT2D eigenvalue weighted by atomic mass is 10.0. The molecule has 2 nitrogen and oxygen atoms in total. The van der Waals surface area contributed by atoms with Crippen molar-refractivity contribution in [2.45, 2.75) is 12.5 Å². The van der Waals surface area contributed by atoms with Gasteiger partial charge >= 0.3 is 0 Å². The zero-order valence-corrected chi connectivity index (χ0v) is 11.1. The summed E-state index contributed by atoms with van der Waals surface area (Å²) in [7, 11) is 0. The van der Waals surface area contributed by atoms with Gasteiger partial charge in [-0.2, -0.15) is 0 Å². The molecule has 2 aromatic rings. The minimum atomic E-state index is -0.650. The van der Waals surface area contributed by atoms with E-state index in [0.29, 0.717) is 22.2 Å². The second-order valence-corrected chi connectivity index (χ2v) is 4.91. The molecule has 0 bridgehead atoms. The van der Waals surface area contributed by atoms with Crippen LogP contribution < -0.4 is 5.73 Å². The smallest absolute Gasteiger partial charge is 0.0850 e. The van der Waals surface area contributed by atoms with Crippen LogP contribution in [0, 0.1) is 0 Å². The molecular formula is C14H13Cl2NO. The molecule has 0 saturated carbocycles. The van der Waals surface area contributed by atoms with Gasteiger partial charge < -0.3 is 10.8 Å². The average Bonchev–Trinajstić information content (AvgIpc) is 2.34. The lowest BCUT2D eigenvalue weighted by Gasteiger charge is -2.13. The van der Waals surface area contributed by atoms with Gasteiger partial charge in [-0.15, -0.1) is 0 Å². The molecule has 1 atom stereocenters. The third-order valence-corrected chi connectivity index (χ3v) is 3.51. The number of nitrogens with two attached hydrogens (primary N) is 1. The molecule has 0 aliphatic heterocycles. The number of hydrogen-bond donors (Lipinski definition) is 2. The van der Waals surface area contributed by atoms with Crippen molar-refractivity contribution in [2.75, 3.05) is 5.73 Å². The van der Waals surface area contributed by atoms with E-state index in [2.05, 4.69) is 0 Å². The van der Waals surface area contributed by atoms with Crippen molar-refractivity contribution in [1.29, 1.82) is 0 Å². The summed E-state index contributed by atoms with van der Waals surface area (Å²) in [6.07, 6.45) is -0.200. The number of nitrogen functional groups attached to an aromatic ring is 1. The third-order valence-electron chi connectivity index (χ3n) is 2.77. The number of hydrogen-bond acceptors (Lipinski definition) is 2. The van der Waals surface area contributed by atoms with Gasteiger partial charge in [-0.3, -0.25) is 0 Å². The summed E-state index contributed by atoms with van der Waals surface area (Å²) in [6.45, 7) is 0. The number of anilines is 1. The maximum absolute atomic E-state index is 10.2. The number of para-hydroxylation sites is 1. The molecule has 0 aliphatic rings. The van der Waals surface area contributed by atoms with Gasteiger partial charge in [0.25, 0.3) is 0 Å². The highest BCUT2D eigenvalue weighted by Crippen LogP contribution is 2.27. The molecule has 0 heterocycles. The first kappa shape index (κ1) is 13.2. The summed E-state index contributed by atoms with van der Waals surface area (Å²) in [5, 5.41) is 11.2. The van der Waals surface area contributed by atoms with Crippen molar-refractivity contribution in [3.05, 3.63) is 63.6 Å². The molecule has 0 spiro atoms. The molecule has 0 aliphatic carbocycles. The van der Waals surface area contributed by atoms with Crippen molar-refractivity contribution in [2.24, 2.45) is 0 Å². The molecule has 0 fully saturated rings. The van der Waals surface area contributed by atoms with E-state index in [-0.39, 0.29) is 0 Å². The van der Waals surface area contributed by atoms with Crippen LogP contribution in [-0.4, -0.2) is 5.11 Å². The van der Waals surface area contributed by atoms with Gasteiger partial charge in [0.15, 0.2) is 0 Å². The SMILES string of the molecule is Nc1ccccc1C(O)Cc1ccc(Cl)c(Cl)c1. The van der Waals surface area contributed by atoms with Crippen molar-refractivity contribution >= 4 is 28.9 Å². The molecule has 2 rings (SSSR count). The molecule has 94 valence electrons. The zero-order valence-electron chi connectivity index (χ0n) is 9.61. The van der Waals surface area contributed by atoms with Crippen LogP contribution in [0.25, 0.3) is 0 Å². The summed E-state index contributed by atoms with van der Waals surface area (Å²) in [5.74, 6) is 0.